The van der Waals surface area contributed by atoms with Crippen molar-refractivity contribution < 1.29 is 35.0 Å². The summed E-state index contributed by atoms with van der Waals surface area (Å²) in [4.78, 5) is 24.7. The van der Waals surface area contributed by atoms with Crippen LogP contribution in [0.4, 0.5) is 0 Å². The zero-order valence-corrected chi connectivity index (χ0v) is 21.2. The molecule has 1 saturated heterocycles. The first-order chi connectivity index (χ1) is 16.3. The molecule has 8 heteroatoms. The summed E-state index contributed by atoms with van der Waals surface area (Å²) >= 11 is 0. The van der Waals surface area contributed by atoms with Crippen LogP contribution in [0.1, 0.15) is 84.0 Å². The van der Waals surface area contributed by atoms with Crippen molar-refractivity contribution in [3.8, 4) is 0 Å². The van der Waals surface area contributed by atoms with E-state index in [0.29, 0.717) is 31.6 Å². The molecule has 0 spiro atoms. The van der Waals surface area contributed by atoms with E-state index in [9.17, 15) is 24.9 Å². The monoisotopic (exact) mass is 484 g/mol. The lowest BCUT2D eigenvalue weighted by molar-refractivity contribution is -0.699. The van der Waals surface area contributed by atoms with Gasteiger partial charge in [0, 0.05) is 33.0 Å². The first-order valence-electron chi connectivity index (χ1n) is 13.4. The first-order valence-corrected chi connectivity index (χ1v) is 13.4. The van der Waals surface area contributed by atoms with Crippen LogP contribution in [0, 0.1) is 23.7 Å². The Labute approximate surface area is 205 Å². The van der Waals surface area contributed by atoms with E-state index in [0.717, 1.165) is 45.1 Å². The van der Waals surface area contributed by atoms with Gasteiger partial charge in [0.1, 0.15) is 17.7 Å². The second-order valence-corrected chi connectivity index (χ2v) is 10.8. The van der Waals surface area contributed by atoms with E-state index >= 15 is 0 Å². The molecule has 0 bridgehead atoms. The number of hydrogen-bond acceptors (Lipinski definition) is 7. The minimum absolute atomic E-state index is 0.0906. The number of rotatable bonds is 15. The molecular weight excluding hydrogens is 436 g/mol. The predicted octanol–water partition coefficient (Wildman–Crippen LogP) is 0.263. The third-order valence-electron chi connectivity index (χ3n) is 8.03. The lowest BCUT2D eigenvalue weighted by atomic mass is 9.71. The SMILES string of the molecule is CCC[C@H](CO)CCCC(=O)[C@H]([O-])C(=O)CCC1CC(CC2CC[NH2+]C(N)C2)C(O)C(OC)C1. The number of ether oxygens (including phenoxy) is 1. The Balaban J connectivity index is 1.80. The Bertz CT molecular complexity index is 618. The maximum atomic E-state index is 12.5. The Kier molecular flexibility index (Phi) is 13.2. The van der Waals surface area contributed by atoms with Crippen molar-refractivity contribution in [1.29, 1.82) is 0 Å². The molecule has 6 N–H and O–H groups in total. The van der Waals surface area contributed by atoms with Gasteiger partial charge in [0.05, 0.1) is 18.8 Å². The number of quaternary nitrogens is 1. The van der Waals surface area contributed by atoms with E-state index < -0.39 is 23.8 Å². The minimum atomic E-state index is -1.80. The normalized spacial score (nSPS) is 31.7. The number of Topliss-reactive ketones (excluding diaryl/α,β-unsaturated/α-hetero) is 2. The largest absolute Gasteiger partial charge is 0.841 e. The van der Waals surface area contributed by atoms with Gasteiger partial charge in [-0.1, -0.05) is 13.3 Å². The summed E-state index contributed by atoms with van der Waals surface area (Å²) < 4.78 is 5.56. The molecule has 2 rings (SSSR count). The van der Waals surface area contributed by atoms with Crippen LogP contribution in [0.3, 0.4) is 0 Å². The molecule has 34 heavy (non-hydrogen) atoms. The van der Waals surface area contributed by atoms with Crippen molar-refractivity contribution in [3.05, 3.63) is 0 Å². The van der Waals surface area contributed by atoms with E-state index in [4.69, 9.17) is 10.5 Å². The molecule has 0 radical (unpaired) electrons. The van der Waals surface area contributed by atoms with Gasteiger partial charge in [0.25, 0.3) is 0 Å². The van der Waals surface area contributed by atoms with Crippen molar-refractivity contribution in [2.75, 3.05) is 20.3 Å². The summed E-state index contributed by atoms with van der Waals surface area (Å²) in [6.45, 7) is 3.15. The van der Waals surface area contributed by atoms with Crippen LogP contribution in [-0.2, 0) is 14.3 Å². The van der Waals surface area contributed by atoms with Gasteiger partial charge >= 0.3 is 0 Å². The van der Waals surface area contributed by atoms with Gasteiger partial charge < -0.3 is 35.0 Å². The number of methoxy groups -OCH3 is 1. The highest BCUT2D eigenvalue weighted by Gasteiger charge is 2.38. The van der Waals surface area contributed by atoms with Crippen molar-refractivity contribution in [2.45, 2.75) is 108 Å². The molecule has 2 aliphatic rings. The standard InChI is InChI=1S/C26H47N2O6/c1-3-5-17(16-29)6-4-7-21(30)26(33)22(31)9-8-18-12-20(25(32)23(14-18)34-2)13-19-10-11-28-24(27)15-19/h17-20,23-26,28-29,32H,3-16,27H2,1-2H3/q-1/p+1/t17-,18?,19?,20?,23?,24?,25?,26-/m0/s1. The topological polar surface area (TPSA) is 150 Å². The smallest absolute Gasteiger partial charge is 0.137 e. The van der Waals surface area contributed by atoms with Crippen molar-refractivity contribution in [3.63, 3.8) is 0 Å². The Morgan fingerprint density at radius 3 is 2.53 bits per heavy atom. The number of aliphatic hydroxyl groups excluding tert-OH is 2. The van der Waals surface area contributed by atoms with Crippen molar-refractivity contribution >= 4 is 11.6 Å². The average molecular weight is 485 g/mol. The van der Waals surface area contributed by atoms with Gasteiger partial charge in [-0.15, -0.1) is 0 Å². The lowest BCUT2D eigenvalue weighted by Crippen LogP contribution is -2.94. The van der Waals surface area contributed by atoms with Crippen LogP contribution in [0.5, 0.6) is 0 Å². The Morgan fingerprint density at radius 1 is 1.15 bits per heavy atom. The number of aliphatic hydroxyl groups is 2. The molecule has 1 aliphatic carbocycles. The van der Waals surface area contributed by atoms with E-state index in [2.05, 4.69) is 5.32 Å². The second-order valence-electron chi connectivity index (χ2n) is 10.8. The molecule has 8 atom stereocenters. The number of ketones is 2. The van der Waals surface area contributed by atoms with Gasteiger partial charge in [0.2, 0.25) is 0 Å². The molecule has 0 aromatic heterocycles. The highest BCUT2D eigenvalue weighted by atomic mass is 16.5. The molecule has 1 saturated carbocycles. The average Bonchev–Trinajstić information content (AvgIpc) is 2.82. The molecule has 8 nitrogen and oxygen atoms in total. The zero-order valence-electron chi connectivity index (χ0n) is 21.2. The number of nitrogens with two attached hydrogens (primary N) is 2. The molecular formula is C26H48N2O6. The Hall–Kier alpha value is -0.900. The predicted molar refractivity (Wildman–Crippen MR) is 127 cm³/mol. The molecule has 2 fully saturated rings. The summed E-state index contributed by atoms with van der Waals surface area (Å²) in [6.07, 6.45) is 5.80. The Morgan fingerprint density at radius 2 is 1.88 bits per heavy atom. The summed E-state index contributed by atoms with van der Waals surface area (Å²) in [5, 5.41) is 34.7. The van der Waals surface area contributed by atoms with Gasteiger partial charge in [-0.05, 0) is 81.1 Å². The molecule has 1 aliphatic heterocycles. The van der Waals surface area contributed by atoms with Crippen LogP contribution in [-0.4, -0.2) is 66.5 Å². The summed E-state index contributed by atoms with van der Waals surface area (Å²) in [5.41, 5.74) is 6.10. The lowest BCUT2D eigenvalue weighted by Gasteiger charge is -2.40. The molecule has 0 amide bonds. The summed E-state index contributed by atoms with van der Waals surface area (Å²) in [7, 11) is 1.61. The quantitative estimate of drug-likeness (QED) is 0.244. The maximum Gasteiger partial charge on any atom is 0.137 e. The van der Waals surface area contributed by atoms with E-state index in [1.165, 1.54) is 0 Å². The third kappa shape index (κ3) is 9.28. The van der Waals surface area contributed by atoms with Crippen LogP contribution >= 0.6 is 0 Å². The van der Waals surface area contributed by atoms with Gasteiger partial charge in [0.15, 0.2) is 0 Å². The molecule has 1 heterocycles. The summed E-state index contributed by atoms with van der Waals surface area (Å²) in [5.74, 6) is -0.124. The minimum Gasteiger partial charge on any atom is -0.841 e. The fourth-order valence-corrected chi connectivity index (χ4v) is 6.02. The second kappa shape index (κ2) is 15.3. The van der Waals surface area contributed by atoms with Crippen molar-refractivity contribution in [1.82, 2.24) is 0 Å². The summed E-state index contributed by atoms with van der Waals surface area (Å²) in [6, 6.07) is 0. The number of hydrogen-bond donors (Lipinski definition) is 4. The molecule has 6 unspecified atom stereocenters. The van der Waals surface area contributed by atoms with E-state index in [-0.39, 0.29) is 49.5 Å². The van der Waals surface area contributed by atoms with E-state index in [1.807, 2.05) is 6.92 Å². The van der Waals surface area contributed by atoms with Crippen LogP contribution in [0.15, 0.2) is 0 Å². The molecule has 0 aromatic carbocycles. The van der Waals surface area contributed by atoms with Gasteiger partial charge in [-0.3, -0.25) is 5.73 Å². The van der Waals surface area contributed by atoms with Gasteiger partial charge in [-0.2, -0.15) is 0 Å². The van der Waals surface area contributed by atoms with Crippen LogP contribution in [0.2, 0.25) is 0 Å². The van der Waals surface area contributed by atoms with Crippen LogP contribution in [0.25, 0.3) is 0 Å². The highest BCUT2D eigenvalue weighted by Crippen LogP contribution is 2.38. The fourth-order valence-electron chi connectivity index (χ4n) is 6.02. The molecule has 198 valence electrons. The van der Waals surface area contributed by atoms with E-state index in [1.54, 1.807) is 7.11 Å². The maximum absolute atomic E-state index is 12.5. The van der Waals surface area contributed by atoms with Crippen LogP contribution < -0.4 is 16.2 Å². The zero-order chi connectivity index (χ0) is 25.1. The number of carbonyl (C=O) groups is 2. The first kappa shape index (κ1) is 29.3. The van der Waals surface area contributed by atoms with Gasteiger partial charge in [-0.25, -0.2) is 0 Å². The fraction of sp³-hybridized carbons (Fsp3) is 0.923. The highest BCUT2D eigenvalue weighted by molar-refractivity contribution is 6.04. The van der Waals surface area contributed by atoms with Crippen molar-refractivity contribution in [2.24, 2.45) is 29.4 Å². The number of carbonyl (C=O) groups excluding carboxylic acids is 2. The number of piperidine rings is 1. The molecule has 0 aromatic rings. The third-order valence-corrected chi connectivity index (χ3v) is 8.03.